The molecule has 0 aromatic carbocycles. The van der Waals surface area contributed by atoms with Gasteiger partial charge in [0.05, 0.1) is 23.4 Å². The molecule has 4 heterocycles. The third kappa shape index (κ3) is 3.42. The molecule has 0 saturated heterocycles. The van der Waals surface area contributed by atoms with Crippen LogP contribution in [0.1, 0.15) is 49.6 Å². The molecule has 4 aromatic heterocycles. The van der Waals surface area contributed by atoms with Crippen molar-refractivity contribution in [2.24, 2.45) is 0 Å². The summed E-state index contributed by atoms with van der Waals surface area (Å²) in [6.07, 6.45) is 5.84. The maximum absolute atomic E-state index is 5.75. The van der Waals surface area contributed by atoms with Gasteiger partial charge in [0.1, 0.15) is 11.4 Å². The highest BCUT2D eigenvalue weighted by molar-refractivity contribution is 7.19. The van der Waals surface area contributed by atoms with Crippen molar-refractivity contribution in [3.05, 3.63) is 53.6 Å². The van der Waals surface area contributed by atoms with Crippen LogP contribution in [0.5, 0.6) is 5.75 Å². The van der Waals surface area contributed by atoms with Crippen LogP contribution in [-0.4, -0.2) is 26.7 Å². The normalized spacial score (nSPS) is 11.5. The van der Waals surface area contributed by atoms with Gasteiger partial charge in [0.25, 0.3) is 0 Å². The third-order valence-electron chi connectivity index (χ3n) is 5.41. The van der Waals surface area contributed by atoms with E-state index in [9.17, 15) is 0 Å². The van der Waals surface area contributed by atoms with Gasteiger partial charge < -0.3 is 4.74 Å². The van der Waals surface area contributed by atoms with Gasteiger partial charge in [-0.1, -0.05) is 19.9 Å². The van der Waals surface area contributed by atoms with Crippen molar-refractivity contribution < 1.29 is 4.74 Å². The number of nitrogens with zero attached hydrogens (tertiary/aromatic N) is 4. The summed E-state index contributed by atoms with van der Waals surface area (Å²) in [5.41, 5.74) is 6.28. The molecule has 0 radical (unpaired) electrons. The molecule has 4 rings (SSSR count). The molecule has 150 valence electrons. The molecule has 29 heavy (non-hydrogen) atoms. The van der Waals surface area contributed by atoms with Crippen molar-refractivity contribution in [3.63, 3.8) is 0 Å². The van der Waals surface area contributed by atoms with E-state index in [1.807, 2.05) is 16.8 Å². The standard InChI is InChI=1S/C23H26N4OS/c1-6-16(7-2)18-11-14(3)26-27-21(15(4)25-23(18)27)22-19(28-5)12-20(29-22)17-9-8-10-24-13-17/h8-13,16H,6-7H2,1-5H3. The minimum absolute atomic E-state index is 0.477. The highest BCUT2D eigenvalue weighted by atomic mass is 32.1. The van der Waals surface area contributed by atoms with Crippen molar-refractivity contribution in [1.29, 1.82) is 0 Å². The average Bonchev–Trinajstić information content (AvgIpc) is 3.29. The van der Waals surface area contributed by atoms with Crippen molar-refractivity contribution in [3.8, 4) is 26.8 Å². The molecule has 0 N–H and O–H groups in total. The first-order valence-corrected chi connectivity index (χ1v) is 10.8. The Morgan fingerprint density at radius 2 is 1.97 bits per heavy atom. The highest BCUT2D eigenvalue weighted by Crippen LogP contribution is 2.44. The summed E-state index contributed by atoms with van der Waals surface area (Å²) < 4.78 is 7.76. The number of ether oxygens (including phenoxy) is 1. The minimum Gasteiger partial charge on any atom is -0.495 e. The van der Waals surface area contributed by atoms with Crippen LogP contribution in [0.3, 0.4) is 0 Å². The molecule has 4 aromatic rings. The van der Waals surface area contributed by atoms with Crippen molar-refractivity contribution in [2.75, 3.05) is 7.11 Å². The maximum atomic E-state index is 5.75. The van der Waals surface area contributed by atoms with Crippen LogP contribution >= 0.6 is 11.3 Å². The minimum atomic E-state index is 0.477. The quantitative estimate of drug-likeness (QED) is 0.391. The SMILES string of the molecule is CCC(CC)c1cc(C)nn2c(-c3sc(-c4cccnc4)cc3OC)c(C)nc12. The molecule has 0 aliphatic heterocycles. The van der Waals surface area contributed by atoms with E-state index >= 15 is 0 Å². The number of hydrogen-bond acceptors (Lipinski definition) is 5. The van der Waals surface area contributed by atoms with Crippen LogP contribution < -0.4 is 4.74 Å². The van der Waals surface area contributed by atoms with Crippen LogP contribution in [0.2, 0.25) is 0 Å². The molecular formula is C23H26N4OS. The van der Waals surface area contributed by atoms with Crippen LogP contribution in [0.15, 0.2) is 36.7 Å². The number of pyridine rings is 1. The molecular weight excluding hydrogens is 380 g/mol. The summed E-state index contributed by atoms with van der Waals surface area (Å²) in [7, 11) is 1.71. The second-order valence-corrected chi connectivity index (χ2v) is 8.34. The van der Waals surface area contributed by atoms with Crippen molar-refractivity contribution in [2.45, 2.75) is 46.5 Å². The van der Waals surface area contributed by atoms with Crippen LogP contribution in [-0.2, 0) is 0 Å². The van der Waals surface area contributed by atoms with E-state index < -0.39 is 0 Å². The number of thiophene rings is 1. The van der Waals surface area contributed by atoms with E-state index in [1.165, 1.54) is 5.56 Å². The molecule has 0 aliphatic carbocycles. The van der Waals surface area contributed by atoms with Crippen molar-refractivity contribution in [1.82, 2.24) is 19.6 Å². The molecule has 5 nitrogen and oxygen atoms in total. The number of hydrogen-bond donors (Lipinski definition) is 0. The molecule has 0 amide bonds. The van der Waals surface area contributed by atoms with Gasteiger partial charge in [0.15, 0.2) is 5.65 Å². The van der Waals surface area contributed by atoms with Crippen LogP contribution in [0.4, 0.5) is 0 Å². The van der Waals surface area contributed by atoms with Gasteiger partial charge in [-0.05, 0) is 50.8 Å². The van der Waals surface area contributed by atoms with Crippen LogP contribution in [0.25, 0.3) is 26.7 Å². The summed E-state index contributed by atoms with van der Waals surface area (Å²) in [5, 5.41) is 4.83. The summed E-state index contributed by atoms with van der Waals surface area (Å²) >= 11 is 1.69. The molecule has 0 fully saturated rings. The lowest BCUT2D eigenvalue weighted by Crippen LogP contribution is -2.05. The first kappa shape index (κ1) is 19.6. The zero-order valence-corrected chi connectivity index (χ0v) is 18.4. The number of aryl methyl sites for hydroxylation is 2. The van der Waals surface area contributed by atoms with Gasteiger partial charge in [0, 0.05) is 28.4 Å². The number of methoxy groups -OCH3 is 1. The van der Waals surface area contributed by atoms with Gasteiger partial charge in [0.2, 0.25) is 0 Å². The third-order valence-corrected chi connectivity index (χ3v) is 6.59. The Hall–Kier alpha value is -2.73. The van der Waals surface area contributed by atoms with E-state index in [1.54, 1.807) is 24.6 Å². The van der Waals surface area contributed by atoms with Gasteiger partial charge in [-0.2, -0.15) is 5.10 Å². The topological polar surface area (TPSA) is 52.3 Å². The number of rotatable bonds is 6. The fraction of sp³-hybridized carbons (Fsp3) is 0.348. The Morgan fingerprint density at radius 1 is 1.17 bits per heavy atom. The van der Waals surface area contributed by atoms with Gasteiger partial charge in [-0.3, -0.25) is 4.98 Å². The number of fused-ring (bicyclic) bond motifs is 1. The molecule has 6 heteroatoms. The van der Waals surface area contributed by atoms with Gasteiger partial charge in [-0.25, -0.2) is 9.50 Å². The van der Waals surface area contributed by atoms with E-state index in [-0.39, 0.29) is 0 Å². The Kier molecular flexibility index (Phi) is 5.37. The second-order valence-electron chi connectivity index (χ2n) is 7.29. The van der Waals surface area contributed by atoms with E-state index in [0.29, 0.717) is 5.92 Å². The Bertz CT molecular complexity index is 1140. The summed E-state index contributed by atoms with van der Waals surface area (Å²) in [5.74, 6) is 1.32. The lowest BCUT2D eigenvalue weighted by atomic mass is 9.95. The average molecular weight is 407 g/mol. The predicted octanol–water partition coefficient (Wildman–Crippen LogP) is 6.05. The summed E-state index contributed by atoms with van der Waals surface area (Å²) in [6.45, 7) is 8.58. The van der Waals surface area contributed by atoms with Crippen LogP contribution in [0, 0.1) is 13.8 Å². The molecule has 0 saturated carbocycles. The van der Waals surface area contributed by atoms with E-state index in [0.717, 1.165) is 56.6 Å². The molecule has 0 atom stereocenters. The lowest BCUT2D eigenvalue weighted by Gasteiger charge is -2.14. The summed E-state index contributed by atoms with van der Waals surface area (Å²) in [6, 6.07) is 8.29. The summed E-state index contributed by atoms with van der Waals surface area (Å²) in [4.78, 5) is 11.4. The first-order chi connectivity index (χ1) is 14.1. The maximum Gasteiger partial charge on any atom is 0.158 e. The Balaban J connectivity index is 1.95. The number of imidazole rings is 1. The molecule has 0 spiro atoms. The van der Waals surface area contributed by atoms with Gasteiger partial charge in [-0.15, -0.1) is 11.3 Å². The van der Waals surface area contributed by atoms with E-state index in [4.69, 9.17) is 14.8 Å². The largest absolute Gasteiger partial charge is 0.495 e. The zero-order valence-electron chi connectivity index (χ0n) is 17.6. The smallest absolute Gasteiger partial charge is 0.158 e. The molecule has 0 bridgehead atoms. The fourth-order valence-electron chi connectivity index (χ4n) is 3.91. The Morgan fingerprint density at radius 3 is 2.62 bits per heavy atom. The fourth-order valence-corrected chi connectivity index (χ4v) is 5.11. The number of aromatic nitrogens is 4. The lowest BCUT2D eigenvalue weighted by molar-refractivity contribution is 0.418. The van der Waals surface area contributed by atoms with Crippen molar-refractivity contribution >= 4 is 17.0 Å². The monoisotopic (exact) mass is 406 g/mol. The molecule has 0 aliphatic rings. The highest BCUT2D eigenvalue weighted by Gasteiger charge is 2.23. The Labute approximate surface area is 175 Å². The predicted molar refractivity (Wildman–Crippen MR) is 119 cm³/mol. The second kappa shape index (κ2) is 7.95. The van der Waals surface area contributed by atoms with Gasteiger partial charge >= 0.3 is 0 Å². The first-order valence-electron chi connectivity index (χ1n) is 10.0. The van der Waals surface area contributed by atoms with E-state index in [2.05, 4.69) is 50.9 Å². The molecule has 0 unspecified atom stereocenters. The zero-order chi connectivity index (χ0) is 20.5.